The quantitative estimate of drug-likeness (QED) is 0.146. The largest absolute Gasteiger partial charge is 0.408 e. The van der Waals surface area contributed by atoms with Crippen molar-refractivity contribution in [3.05, 3.63) is 65.8 Å². The fourth-order valence-electron chi connectivity index (χ4n) is 6.76. The minimum absolute atomic E-state index is 0.0214. The predicted molar refractivity (Wildman–Crippen MR) is 224 cm³/mol. The summed E-state index contributed by atoms with van der Waals surface area (Å²) >= 11 is 1.80. The molecular formula is C41H58N6O4SSi2. The van der Waals surface area contributed by atoms with E-state index in [-0.39, 0.29) is 28.2 Å². The minimum atomic E-state index is -2.37. The van der Waals surface area contributed by atoms with Gasteiger partial charge in [-0.05, 0) is 68.0 Å². The van der Waals surface area contributed by atoms with E-state index in [0.29, 0.717) is 29.4 Å². The summed E-state index contributed by atoms with van der Waals surface area (Å²) in [4.78, 5) is 9.26. The Balaban J connectivity index is 1.43. The number of nitriles is 1. The molecule has 1 aliphatic carbocycles. The fraction of sp³-hybridized carbons (Fsp3) is 0.561. The van der Waals surface area contributed by atoms with Crippen molar-refractivity contribution in [1.82, 2.24) is 19.7 Å². The fourth-order valence-corrected chi connectivity index (χ4v) is 10.5. The molecule has 4 aromatic rings. The van der Waals surface area contributed by atoms with Gasteiger partial charge in [0.25, 0.3) is 0 Å². The molecule has 1 aromatic carbocycles. The third kappa shape index (κ3) is 8.01. The standard InChI is InChI=1S/C41H58N6O4SSi2/c1-26-31(34(49-46-26)29-15-13-12-14-16-29)23-52-24-32-35(50-53(8,9)40(2,3)4)36(51-54(10,11)41(5,6)7)39(48-32)47-22-30(28-19-17-27(21-42)18-20-28)33-37(43)44-25-45-38(33)47/h12-16,19,22,25,27,32,35-36,39H,17-18,20,23-24H2,1-11H3,(H2,43,44,45)/t27?,32-,35-,36-,39-/m1/s1. The number of anilines is 1. The average molecular weight is 787 g/mol. The van der Waals surface area contributed by atoms with Crippen molar-refractivity contribution in [2.75, 3.05) is 11.5 Å². The lowest BCUT2D eigenvalue weighted by Gasteiger charge is -2.44. The van der Waals surface area contributed by atoms with E-state index in [1.165, 1.54) is 6.33 Å². The van der Waals surface area contributed by atoms with Gasteiger partial charge in [-0.2, -0.15) is 17.0 Å². The molecule has 13 heteroatoms. The number of nitrogens with zero attached hydrogens (tertiary/aromatic N) is 5. The van der Waals surface area contributed by atoms with Crippen molar-refractivity contribution in [3.8, 4) is 17.4 Å². The molecule has 2 aliphatic rings. The normalized spacial score (nSPS) is 22.8. The number of hydrogen-bond donors (Lipinski definition) is 1. The van der Waals surface area contributed by atoms with E-state index < -0.39 is 29.0 Å². The minimum Gasteiger partial charge on any atom is -0.408 e. The lowest BCUT2D eigenvalue weighted by molar-refractivity contribution is -0.0244. The molecule has 0 bridgehead atoms. The molecule has 2 N–H and O–H groups in total. The van der Waals surface area contributed by atoms with Crippen molar-refractivity contribution < 1.29 is 18.1 Å². The van der Waals surface area contributed by atoms with Crippen molar-refractivity contribution in [3.63, 3.8) is 0 Å². The summed E-state index contributed by atoms with van der Waals surface area (Å²) in [6, 6.07) is 12.6. The van der Waals surface area contributed by atoms with E-state index in [4.69, 9.17) is 28.8 Å². The van der Waals surface area contributed by atoms with Gasteiger partial charge in [-0.3, -0.25) is 0 Å². The Morgan fingerprint density at radius 2 is 1.67 bits per heavy atom. The Hall–Kier alpha value is -3.26. The number of nitrogens with two attached hydrogens (primary N) is 1. The van der Waals surface area contributed by atoms with Crippen LogP contribution in [0.3, 0.4) is 0 Å². The van der Waals surface area contributed by atoms with Gasteiger partial charge in [-0.25, -0.2) is 9.97 Å². The number of ether oxygens (including phenoxy) is 1. The monoisotopic (exact) mass is 786 g/mol. The third-order valence-electron chi connectivity index (χ3n) is 12.2. The van der Waals surface area contributed by atoms with Gasteiger partial charge >= 0.3 is 0 Å². The Bertz CT molecular complexity index is 2020. The van der Waals surface area contributed by atoms with E-state index in [0.717, 1.165) is 51.9 Å². The van der Waals surface area contributed by atoms with E-state index in [9.17, 15) is 5.26 Å². The van der Waals surface area contributed by atoms with Crippen LogP contribution < -0.4 is 5.73 Å². The van der Waals surface area contributed by atoms with Crippen LogP contribution in [0.4, 0.5) is 5.82 Å². The molecular weight excluding hydrogens is 729 g/mol. The summed E-state index contributed by atoms with van der Waals surface area (Å²) in [5, 5.41) is 14.7. The molecule has 1 saturated heterocycles. The predicted octanol–water partition coefficient (Wildman–Crippen LogP) is 10.3. The molecule has 10 nitrogen and oxygen atoms in total. The van der Waals surface area contributed by atoms with E-state index in [1.54, 1.807) is 11.8 Å². The molecule has 0 spiro atoms. The van der Waals surface area contributed by atoms with Crippen LogP contribution in [0.25, 0.3) is 27.9 Å². The van der Waals surface area contributed by atoms with Crippen LogP contribution >= 0.6 is 11.8 Å². The second-order valence-corrected chi connectivity index (χ2v) is 28.5. The molecule has 290 valence electrons. The van der Waals surface area contributed by atoms with Gasteiger partial charge in [-0.15, -0.1) is 0 Å². The first-order chi connectivity index (χ1) is 25.3. The van der Waals surface area contributed by atoms with Crippen molar-refractivity contribution in [1.29, 1.82) is 5.26 Å². The van der Waals surface area contributed by atoms with Crippen molar-refractivity contribution >= 4 is 50.8 Å². The number of rotatable bonds is 11. The van der Waals surface area contributed by atoms with Gasteiger partial charge in [0, 0.05) is 34.4 Å². The van der Waals surface area contributed by atoms with E-state index >= 15 is 0 Å². The number of hydrogen-bond acceptors (Lipinski definition) is 10. The highest BCUT2D eigenvalue weighted by Crippen LogP contribution is 2.48. The highest BCUT2D eigenvalue weighted by Gasteiger charge is 2.54. The molecule has 54 heavy (non-hydrogen) atoms. The summed E-state index contributed by atoms with van der Waals surface area (Å²) in [6.07, 6.45) is 6.58. The first-order valence-electron chi connectivity index (χ1n) is 19.1. The zero-order valence-electron chi connectivity index (χ0n) is 33.9. The molecule has 6 rings (SSSR count). The third-order valence-corrected chi connectivity index (χ3v) is 22.2. The number of nitrogen functional groups attached to an aromatic ring is 1. The van der Waals surface area contributed by atoms with Crippen LogP contribution in [0.15, 0.2) is 53.5 Å². The van der Waals surface area contributed by atoms with Gasteiger partial charge in [-0.1, -0.05) is 83.1 Å². The van der Waals surface area contributed by atoms with E-state index in [2.05, 4.69) is 113 Å². The maximum absolute atomic E-state index is 9.60. The number of fused-ring (bicyclic) bond motifs is 1. The lowest BCUT2D eigenvalue weighted by Crippen LogP contribution is -2.53. The molecule has 5 atom stereocenters. The first-order valence-corrected chi connectivity index (χ1v) is 26.1. The zero-order valence-corrected chi connectivity index (χ0v) is 36.7. The van der Waals surface area contributed by atoms with Gasteiger partial charge in [0.05, 0.1) is 29.2 Å². The summed E-state index contributed by atoms with van der Waals surface area (Å²) in [6.45, 7) is 24.9. The summed E-state index contributed by atoms with van der Waals surface area (Å²) < 4.78 is 30.2. The highest BCUT2D eigenvalue weighted by molar-refractivity contribution is 7.98. The smallest absolute Gasteiger partial charge is 0.192 e. The van der Waals surface area contributed by atoms with Crippen molar-refractivity contribution in [2.24, 2.45) is 5.92 Å². The molecule has 1 aliphatic heterocycles. The van der Waals surface area contributed by atoms with Crippen molar-refractivity contribution in [2.45, 2.75) is 134 Å². The van der Waals surface area contributed by atoms with Crippen LogP contribution in [0.1, 0.15) is 83.9 Å². The lowest BCUT2D eigenvalue weighted by atomic mass is 9.87. The maximum atomic E-state index is 9.60. The first kappa shape index (κ1) is 40.4. The Morgan fingerprint density at radius 1 is 1.00 bits per heavy atom. The Labute approximate surface area is 327 Å². The summed E-state index contributed by atoms with van der Waals surface area (Å²) in [5.41, 5.74) is 12.5. The van der Waals surface area contributed by atoms with Gasteiger partial charge in [0.2, 0.25) is 0 Å². The highest BCUT2D eigenvalue weighted by atomic mass is 32.2. The number of thioether (sulfide) groups is 1. The molecule has 0 radical (unpaired) electrons. The maximum Gasteiger partial charge on any atom is 0.192 e. The van der Waals surface area contributed by atoms with E-state index in [1.807, 2.05) is 25.1 Å². The average Bonchev–Trinajstić information content (AvgIpc) is 3.78. The zero-order chi connectivity index (χ0) is 39.2. The second kappa shape index (κ2) is 15.4. The molecule has 4 heterocycles. The SMILES string of the molecule is Cc1noc(-c2ccccc2)c1CSC[C@H]1O[C@@H](n2cc(C3=CCC(C#N)CC3)c3c(N)ncnc32)[C@H](O[Si](C)(C)C(C)(C)C)[C@@H]1O[Si](C)(C)C(C)(C)C. The van der Waals surface area contributed by atoms with Crippen LogP contribution in [0.5, 0.6) is 0 Å². The van der Waals surface area contributed by atoms with Crippen LogP contribution in [-0.4, -0.2) is 60.4 Å². The molecule has 1 fully saturated rings. The topological polar surface area (TPSA) is 134 Å². The van der Waals surface area contributed by atoms with Gasteiger partial charge < -0.3 is 28.4 Å². The number of benzene rings is 1. The molecule has 0 amide bonds. The molecule has 3 aromatic heterocycles. The molecule has 1 unspecified atom stereocenters. The van der Waals surface area contributed by atoms with Crippen LogP contribution in [0.2, 0.25) is 36.3 Å². The van der Waals surface area contributed by atoms with Gasteiger partial charge in [0.15, 0.2) is 28.6 Å². The molecule has 0 saturated carbocycles. The Kier molecular flexibility index (Phi) is 11.5. The Morgan fingerprint density at radius 3 is 2.28 bits per heavy atom. The number of aryl methyl sites for hydroxylation is 1. The number of allylic oxidation sites excluding steroid dienone is 2. The van der Waals surface area contributed by atoms with Gasteiger partial charge in [0.1, 0.15) is 30.0 Å². The number of aromatic nitrogens is 4. The second-order valence-electron chi connectivity index (χ2n) is 17.9. The summed E-state index contributed by atoms with van der Waals surface area (Å²) in [7, 11) is -4.69. The van der Waals surface area contributed by atoms with Crippen LogP contribution in [-0.2, 0) is 19.3 Å². The van der Waals surface area contributed by atoms with Crippen LogP contribution in [0, 0.1) is 24.2 Å². The summed E-state index contributed by atoms with van der Waals surface area (Å²) in [5.74, 6) is 2.64.